The normalized spacial score (nSPS) is 11.0. The molecule has 0 aliphatic heterocycles. The van der Waals surface area contributed by atoms with Gasteiger partial charge in [-0.25, -0.2) is 10.4 Å². The maximum absolute atomic E-state index is 11.8. The number of para-hydroxylation sites is 1. The highest BCUT2D eigenvalue weighted by atomic mass is 35.5. The van der Waals surface area contributed by atoms with Gasteiger partial charge in [0.2, 0.25) is 5.91 Å². The van der Waals surface area contributed by atoms with E-state index in [2.05, 4.69) is 15.5 Å². The molecule has 4 nitrogen and oxygen atoms in total. The van der Waals surface area contributed by atoms with Crippen molar-refractivity contribution in [3.05, 3.63) is 76.9 Å². The van der Waals surface area contributed by atoms with Gasteiger partial charge in [0.15, 0.2) is 0 Å². The third-order valence-corrected chi connectivity index (χ3v) is 3.61. The van der Waals surface area contributed by atoms with Crippen LogP contribution in [0.2, 0.25) is 5.15 Å². The van der Waals surface area contributed by atoms with Gasteiger partial charge in [0.05, 0.1) is 18.2 Å². The maximum atomic E-state index is 11.8. The summed E-state index contributed by atoms with van der Waals surface area (Å²) in [6.07, 6.45) is 1.78. The number of hydrogen-bond donors (Lipinski definition) is 1. The molecule has 0 saturated heterocycles. The lowest BCUT2D eigenvalue weighted by Crippen LogP contribution is -2.19. The summed E-state index contributed by atoms with van der Waals surface area (Å²) in [7, 11) is 0. The zero-order valence-corrected chi connectivity index (χ0v) is 13.0. The van der Waals surface area contributed by atoms with Crippen LogP contribution >= 0.6 is 11.6 Å². The summed E-state index contributed by atoms with van der Waals surface area (Å²) in [5.41, 5.74) is 4.91. The Hall–Kier alpha value is -2.72. The SMILES string of the molecule is O=C(Cc1ccccc1)N/N=C\c1cc2ccccc2nc1Cl. The monoisotopic (exact) mass is 323 g/mol. The number of halogens is 1. The average Bonchev–Trinajstić information content (AvgIpc) is 2.56. The number of hydrazone groups is 1. The molecule has 1 N–H and O–H groups in total. The Bertz CT molecular complexity index is 863. The van der Waals surface area contributed by atoms with Crippen molar-refractivity contribution in [3.63, 3.8) is 0 Å². The summed E-state index contributed by atoms with van der Waals surface area (Å²) in [6.45, 7) is 0. The first-order valence-corrected chi connectivity index (χ1v) is 7.51. The van der Waals surface area contributed by atoms with Gasteiger partial charge in [-0.1, -0.05) is 60.1 Å². The van der Waals surface area contributed by atoms with Crippen LogP contribution in [0.5, 0.6) is 0 Å². The first-order valence-electron chi connectivity index (χ1n) is 7.13. The molecular weight excluding hydrogens is 310 g/mol. The molecule has 1 aromatic heterocycles. The molecule has 0 spiro atoms. The molecule has 1 heterocycles. The second-order valence-electron chi connectivity index (χ2n) is 5.02. The van der Waals surface area contributed by atoms with Gasteiger partial charge in [0, 0.05) is 10.9 Å². The highest BCUT2D eigenvalue weighted by molar-refractivity contribution is 6.32. The van der Waals surface area contributed by atoms with Crippen molar-refractivity contribution >= 4 is 34.6 Å². The Kier molecular flexibility index (Phi) is 4.64. The average molecular weight is 324 g/mol. The second-order valence-corrected chi connectivity index (χ2v) is 5.37. The van der Waals surface area contributed by atoms with Crippen LogP contribution in [0.3, 0.4) is 0 Å². The van der Waals surface area contributed by atoms with Crippen LogP contribution in [-0.4, -0.2) is 17.1 Å². The molecule has 0 fully saturated rings. The fraction of sp³-hybridized carbons (Fsp3) is 0.0556. The van der Waals surface area contributed by atoms with Crippen molar-refractivity contribution in [1.29, 1.82) is 0 Å². The molecule has 3 aromatic rings. The van der Waals surface area contributed by atoms with E-state index < -0.39 is 0 Å². The van der Waals surface area contributed by atoms with Crippen LogP contribution in [-0.2, 0) is 11.2 Å². The van der Waals surface area contributed by atoms with E-state index in [9.17, 15) is 4.79 Å². The molecule has 0 unspecified atom stereocenters. The van der Waals surface area contributed by atoms with E-state index >= 15 is 0 Å². The predicted octanol–water partition coefficient (Wildman–Crippen LogP) is 3.58. The van der Waals surface area contributed by atoms with Crippen molar-refractivity contribution in [3.8, 4) is 0 Å². The topological polar surface area (TPSA) is 54.4 Å². The molecular formula is C18H14ClN3O. The van der Waals surface area contributed by atoms with Crippen LogP contribution in [0, 0.1) is 0 Å². The first kappa shape index (κ1) is 15.2. The first-order chi connectivity index (χ1) is 11.2. The summed E-state index contributed by atoms with van der Waals surface area (Å²) in [6, 6.07) is 19.1. The summed E-state index contributed by atoms with van der Waals surface area (Å²) in [5, 5.41) is 5.27. The van der Waals surface area contributed by atoms with Crippen molar-refractivity contribution in [1.82, 2.24) is 10.4 Å². The predicted molar refractivity (Wildman–Crippen MR) is 92.6 cm³/mol. The Morgan fingerprint density at radius 3 is 2.70 bits per heavy atom. The Morgan fingerprint density at radius 2 is 1.87 bits per heavy atom. The van der Waals surface area contributed by atoms with Gasteiger partial charge in [0.1, 0.15) is 5.15 Å². The number of carbonyl (C=O) groups excluding carboxylic acids is 1. The quantitative estimate of drug-likeness (QED) is 0.453. The van der Waals surface area contributed by atoms with E-state index in [1.54, 1.807) is 0 Å². The lowest BCUT2D eigenvalue weighted by Gasteiger charge is -2.02. The Morgan fingerprint density at radius 1 is 1.13 bits per heavy atom. The van der Waals surface area contributed by atoms with E-state index in [-0.39, 0.29) is 12.3 Å². The van der Waals surface area contributed by atoms with E-state index in [1.165, 1.54) is 6.21 Å². The molecule has 0 aliphatic carbocycles. The fourth-order valence-electron chi connectivity index (χ4n) is 2.19. The van der Waals surface area contributed by atoms with Gasteiger partial charge in [-0.3, -0.25) is 4.79 Å². The minimum Gasteiger partial charge on any atom is -0.273 e. The van der Waals surface area contributed by atoms with Crippen LogP contribution in [0.4, 0.5) is 0 Å². The highest BCUT2D eigenvalue weighted by Crippen LogP contribution is 2.18. The number of aromatic nitrogens is 1. The standard InChI is InChI=1S/C18H14ClN3O/c19-18-15(11-14-8-4-5-9-16(14)21-18)12-20-22-17(23)10-13-6-2-1-3-7-13/h1-9,11-12H,10H2,(H,22,23)/b20-12-. The molecule has 0 aliphatic rings. The summed E-state index contributed by atoms with van der Waals surface area (Å²) in [4.78, 5) is 16.1. The number of pyridine rings is 1. The lowest BCUT2D eigenvalue weighted by atomic mass is 10.1. The third kappa shape index (κ3) is 3.93. The van der Waals surface area contributed by atoms with Crippen molar-refractivity contribution < 1.29 is 4.79 Å². The van der Waals surface area contributed by atoms with E-state index in [1.807, 2.05) is 60.7 Å². The summed E-state index contributed by atoms with van der Waals surface area (Å²) >= 11 is 6.13. The second kappa shape index (κ2) is 7.03. The number of hydrogen-bond acceptors (Lipinski definition) is 3. The molecule has 114 valence electrons. The maximum Gasteiger partial charge on any atom is 0.244 e. The smallest absolute Gasteiger partial charge is 0.244 e. The molecule has 0 saturated carbocycles. The number of amides is 1. The summed E-state index contributed by atoms with van der Waals surface area (Å²) < 4.78 is 0. The van der Waals surface area contributed by atoms with Crippen LogP contribution in [0.1, 0.15) is 11.1 Å². The minimum atomic E-state index is -0.183. The Balaban J connectivity index is 1.68. The van der Waals surface area contributed by atoms with Gasteiger partial charge in [-0.15, -0.1) is 0 Å². The molecule has 23 heavy (non-hydrogen) atoms. The van der Waals surface area contributed by atoms with Gasteiger partial charge in [0.25, 0.3) is 0 Å². The van der Waals surface area contributed by atoms with Gasteiger partial charge in [-0.05, 0) is 17.7 Å². The van der Waals surface area contributed by atoms with E-state index in [0.717, 1.165) is 16.5 Å². The zero-order valence-electron chi connectivity index (χ0n) is 12.2. The minimum absolute atomic E-state index is 0.183. The lowest BCUT2D eigenvalue weighted by molar-refractivity contribution is -0.120. The molecule has 3 rings (SSSR count). The number of nitrogens with one attached hydrogen (secondary N) is 1. The molecule has 0 radical (unpaired) electrons. The largest absolute Gasteiger partial charge is 0.273 e. The number of nitrogens with zero attached hydrogens (tertiary/aromatic N) is 2. The zero-order chi connectivity index (χ0) is 16.1. The fourth-order valence-corrected chi connectivity index (χ4v) is 2.39. The molecule has 1 amide bonds. The van der Waals surface area contributed by atoms with Gasteiger partial charge >= 0.3 is 0 Å². The number of carbonyl (C=O) groups is 1. The van der Waals surface area contributed by atoms with Crippen molar-refractivity contribution in [2.45, 2.75) is 6.42 Å². The molecule has 0 atom stereocenters. The number of benzene rings is 2. The van der Waals surface area contributed by atoms with Crippen LogP contribution < -0.4 is 5.43 Å². The number of fused-ring (bicyclic) bond motifs is 1. The van der Waals surface area contributed by atoms with Crippen molar-refractivity contribution in [2.24, 2.45) is 5.10 Å². The van der Waals surface area contributed by atoms with Gasteiger partial charge in [-0.2, -0.15) is 5.10 Å². The van der Waals surface area contributed by atoms with Crippen molar-refractivity contribution in [2.75, 3.05) is 0 Å². The molecule has 2 aromatic carbocycles. The van der Waals surface area contributed by atoms with E-state index in [0.29, 0.717) is 10.7 Å². The molecule has 0 bridgehead atoms. The van der Waals surface area contributed by atoms with Gasteiger partial charge < -0.3 is 0 Å². The van der Waals surface area contributed by atoms with Crippen LogP contribution in [0.15, 0.2) is 65.8 Å². The third-order valence-electron chi connectivity index (χ3n) is 3.30. The number of rotatable bonds is 4. The molecule has 5 heteroatoms. The van der Waals surface area contributed by atoms with E-state index in [4.69, 9.17) is 11.6 Å². The van der Waals surface area contributed by atoms with Crippen LogP contribution in [0.25, 0.3) is 10.9 Å². The Labute approximate surface area is 138 Å². The highest BCUT2D eigenvalue weighted by Gasteiger charge is 2.04. The summed E-state index contributed by atoms with van der Waals surface area (Å²) in [5.74, 6) is -0.183.